The summed E-state index contributed by atoms with van der Waals surface area (Å²) in [5.41, 5.74) is 15.7. The fourth-order valence-electron chi connectivity index (χ4n) is 4.97. The molecule has 21 nitrogen and oxygen atoms in total. The Balaban J connectivity index is 2.79. The van der Waals surface area contributed by atoms with E-state index in [0.717, 1.165) is 0 Å². The van der Waals surface area contributed by atoms with Gasteiger partial charge in [-0.3, -0.25) is 43.2 Å². The zero-order chi connectivity index (χ0) is 38.8. The fourth-order valence-corrected chi connectivity index (χ4v) is 4.97. The number of nitrogens with one attached hydrogen (secondary N) is 6. The number of nitrogens with two attached hydrogens (primary N) is 3. The van der Waals surface area contributed by atoms with Crippen molar-refractivity contribution in [2.75, 3.05) is 26.2 Å². The third-order valence-corrected chi connectivity index (χ3v) is 8.09. The molecule has 9 amide bonds. The van der Waals surface area contributed by atoms with Crippen molar-refractivity contribution < 1.29 is 53.1 Å². The Hall–Kier alpha value is -5.34. The second-order valence-corrected chi connectivity index (χ2v) is 12.1. The van der Waals surface area contributed by atoms with Crippen molar-refractivity contribution >= 4 is 59.1 Å². The average Bonchev–Trinajstić information content (AvgIpc) is 3.57. The monoisotopic (exact) mass is 726 g/mol. The van der Waals surface area contributed by atoms with E-state index in [1.165, 1.54) is 11.8 Å². The highest BCUT2D eigenvalue weighted by molar-refractivity contribution is 5.96. The number of carboxylic acids is 1. The van der Waals surface area contributed by atoms with E-state index in [2.05, 4.69) is 31.9 Å². The average molecular weight is 727 g/mol. The maximum atomic E-state index is 13.1. The van der Waals surface area contributed by atoms with Gasteiger partial charge in [-0.15, -0.1) is 0 Å². The first-order valence-electron chi connectivity index (χ1n) is 16.4. The number of carboxylic acid groups (broad SMARTS) is 1. The van der Waals surface area contributed by atoms with Crippen molar-refractivity contribution in [2.24, 2.45) is 23.1 Å². The molecular formula is C30H50N10O11. The Morgan fingerprint density at radius 1 is 0.765 bits per heavy atom. The molecule has 286 valence electrons. The van der Waals surface area contributed by atoms with Gasteiger partial charge in [-0.2, -0.15) is 0 Å². The molecule has 1 aliphatic heterocycles. The van der Waals surface area contributed by atoms with Crippen LogP contribution in [0.5, 0.6) is 0 Å². The SMILES string of the molecule is CCC(C)C(NC(=O)CNC(=O)C(CCC(N)=O)NC(=O)C1CCCN1C(=O)CN)C(=O)NC(C)C(=O)NCC(=O)NC(CCC(N)=O)C(=O)O. The lowest BCUT2D eigenvalue weighted by Crippen LogP contribution is -2.57. The quantitative estimate of drug-likeness (QED) is 0.0501. The van der Waals surface area contributed by atoms with E-state index >= 15 is 0 Å². The van der Waals surface area contributed by atoms with Gasteiger partial charge in [-0.1, -0.05) is 20.3 Å². The molecular weight excluding hydrogens is 676 g/mol. The van der Waals surface area contributed by atoms with Gasteiger partial charge < -0.3 is 59.1 Å². The van der Waals surface area contributed by atoms with Crippen LogP contribution in [0.15, 0.2) is 0 Å². The van der Waals surface area contributed by atoms with Crippen molar-refractivity contribution in [3.8, 4) is 0 Å². The second-order valence-electron chi connectivity index (χ2n) is 12.1. The van der Waals surface area contributed by atoms with Crippen molar-refractivity contribution in [3.63, 3.8) is 0 Å². The Bertz CT molecular complexity index is 1330. The number of aliphatic carboxylic acids is 1. The van der Waals surface area contributed by atoms with Crippen molar-refractivity contribution in [2.45, 2.75) is 95.9 Å². The van der Waals surface area contributed by atoms with Crippen LogP contribution in [0.1, 0.15) is 65.7 Å². The maximum absolute atomic E-state index is 13.1. The van der Waals surface area contributed by atoms with Crippen LogP contribution in [0.2, 0.25) is 0 Å². The molecule has 0 spiro atoms. The summed E-state index contributed by atoms with van der Waals surface area (Å²) in [6.45, 7) is 3.45. The lowest BCUT2D eigenvalue weighted by molar-refractivity contribution is -0.142. The van der Waals surface area contributed by atoms with Gasteiger partial charge in [0.25, 0.3) is 0 Å². The highest BCUT2D eigenvalue weighted by Crippen LogP contribution is 2.18. The number of carbonyl (C=O) groups is 10. The summed E-state index contributed by atoms with van der Waals surface area (Å²) < 4.78 is 0. The van der Waals surface area contributed by atoms with E-state index in [4.69, 9.17) is 17.2 Å². The highest BCUT2D eigenvalue weighted by atomic mass is 16.4. The van der Waals surface area contributed by atoms with Gasteiger partial charge in [-0.05, 0) is 38.5 Å². The summed E-state index contributed by atoms with van der Waals surface area (Å²) in [5.74, 6) is -8.48. The molecule has 0 aromatic heterocycles. The Morgan fingerprint density at radius 3 is 1.84 bits per heavy atom. The summed E-state index contributed by atoms with van der Waals surface area (Å²) in [6.07, 6.45) is 0.289. The van der Waals surface area contributed by atoms with Crippen LogP contribution in [0, 0.1) is 5.92 Å². The zero-order valence-electron chi connectivity index (χ0n) is 29.0. The number of likely N-dealkylation sites (tertiary alicyclic amines) is 1. The first kappa shape index (κ1) is 43.7. The van der Waals surface area contributed by atoms with Gasteiger partial charge in [0.2, 0.25) is 53.2 Å². The molecule has 1 aliphatic rings. The van der Waals surface area contributed by atoms with Gasteiger partial charge in [0.15, 0.2) is 0 Å². The third-order valence-electron chi connectivity index (χ3n) is 8.09. The highest BCUT2D eigenvalue weighted by Gasteiger charge is 2.36. The minimum Gasteiger partial charge on any atom is -0.480 e. The fraction of sp³-hybridized carbons (Fsp3) is 0.667. The number of nitrogens with zero attached hydrogens (tertiary/aromatic N) is 1. The van der Waals surface area contributed by atoms with E-state index in [-0.39, 0.29) is 32.2 Å². The Kier molecular flexibility index (Phi) is 18.6. The zero-order valence-corrected chi connectivity index (χ0v) is 29.0. The number of hydrogen-bond donors (Lipinski definition) is 10. The van der Waals surface area contributed by atoms with Gasteiger partial charge in [0.05, 0.1) is 19.6 Å². The lowest BCUT2D eigenvalue weighted by Gasteiger charge is -2.26. The molecule has 13 N–H and O–H groups in total. The summed E-state index contributed by atoms with van der Waals surface area (Å²) in [5, 5.41) is 23.4. The number of carbonyl (C=O) groups excluding carboxylic acids is 9. The van der Waals surface area contributed by atoms with E-state index < -0.39 is 108 Å². The minimum atomic E-state index is -1.42. The Labute approximate surface area is 294 Å². The minimum absolute atomic E-state index is 0.193. The lowest BCUT2D eigenvalue weighted by atomic mass is 9.98. The van der Waals surface area contributed by atoms with Crippen molar-refractivity contribution in [1.82, 2.24) is 36.8 Å². The molecule has 1 saturated heterocycles. The van der Waals surface area contributed by atoms with Gasteiger partial charge in [0, 0.05) is 19.4 Å². The molecule has 6 atom stereocenters. The molecule has 0 bridgehead atoms. The largest absolute Gasteiger partial charge is 0.480 e. The first-order valence-corrected chi connectivity index (χ1v) is 16.4. The molecule has 0 radical (unpaired) electrons. The van der Waals surface area contributed by atoms with E-state index in [1.807, 2.05) is 0 Å². The molecule has 1 fully saturated rings. The van der Waals surface area contributed by atoms with Crippen molar-refractivity contribution in [3.05, 3.63) is 0 Å². The topological polar surface area (TPSA) is 344 Å². The second kappa shape index (κ2) is 21.7. The molecule has 1 heterocycles. The Morgan fingerprint density at radius 2 is 1.31 bits per heavy atom. The van der Waals surface area contributed by atoms with Crippen LogP contribution < -0.4 is 49.1 Å². The smallest absolute Gasteiger partial charge is 0.326 e. The standard InChI is InChI=1S/C30H50N10O11/c1-4-15(2)25(29(49)36-16(3)26(46)34-13-22(43)37-18(30(50)51)8-10-21(33)42)39-23(44)14-35-27(47)17(7-9-20(32)41)38-28(48)19-6-5-11-40(19)24(45)12-31/h15-19,25H,4-14,31H2,1-3H3,(H2,32,41)(H2,33,42)(H,34,46)(H,35,47)(H,36,49)(H,37,43)(H,38,48)(H,39,44)(H,50,51). The number of primary amides is 2. The van der Waals surface area contributed by atoms with Gasteiger partial charge in [-0.25, -0.2) is 4.79 Å². The van der Waals surface area contributed by atoms with Crippen LogP contribution >= 0.6 is 0 Å². The molecule has 6 unspecified atom stereocenters. The molecule has 0 aromatic rings. The van der Waals surface area contributed by atoms with E-state index in [9.17, 15) is 53.1 Å². The third kappa shape index (κ3) is 15.4. The summed E-state index contributed by atoms with van der Waals surface area (Å²) >= 11 is 0. The molecule has 0 aromatic carbocycles. The molecule has 51 heavy (non-hydrogen) atoms. The van der Waals surface area contributed by atoms with Crippen LogP contribution in [0.4, 0.5) is 0 Å². The predicted octanol–water partition coefficient (Wildman–Crippen LogP) is -5.21. The number of hydrogen-bond acceptors (Lipinski definition) is 11. The first-order chi connectivity index (χ1) is 23.9. The molecule has 21 heteroatoms. The summed E-state index contributed by atoms with van der Waals surface area (Å²) in [4.78, 5) is 124. The van der Waals surface area contributed by atoms with E-state index in [0.29, 0.717) is 25.8 Å². The molecule has 0 aliphatic carbocycles. The number of amides is 9. The van der Waals surface area contributed by atoms with E-state index in [1.54, 1.807) is 13.8 Å². The van der Waals surface area contributed by atoms with Gasteiger partial charge in [0.1, 0.15) is 30.2 Å². The van der Waals surface area contributed by atoms with Crippen LogP contribution in [0.25, 0.3) is 0 Å². The normalized spacial score (nSPS) is 16.6. The summed E-state index contributed by atoms with van der Waals surface area (Å²) in [6, 6.07) is -5.94. The molecule has 0 saturated carbocycles. The predicted molar refractivity (Wildman–Crippen MR) is 177 cm³/mol. The maximum Gasteiger partial charge on any atom is 0.326 e. The number of rotatable bonds is 22. The molecule has 1 rings (SSSR count). The van der Waals surface area contributed by atoms with Crippen LogP contribution in [-0.2, 0) is 47.9 Å². The van der Waals surface area contributed by atoms with Crippen molar-refractivity contribution in [1.29, 1.82) is 0 Å². The van der Waals surface area contributed by atoms with Gasteiger partial charge >= 0.3 is 5.97 Å². The van der Waals surface area contributed by atoms with Crippen LogP contribution in [-0.4, -0.2) is 126 Å². The summed E-state index contributed by atoms with van der Waals surface area (Å²) in [7, 11) is 0. The van der Waals surface area contributed by atoms with Crippen LogP contribution in [0.3, 0.4) is 0 Å².